The molecule has 0 aliphatic rings. The quantitative estimate of drug-likeness (QED) is 0.852. The van der Waals surface area contributed by atoms with Gasteiger partial charge in [-0.25, -0.2) is 0 Å². The number of hydrogen-bond acceptors (Lipinski definition) is 3. The number of nitrogens with zero attached hydrogens (tertiary/aromatic N) is 2. The van der Waals surface area contributed by atoms with E-state index >= 15 is 0 Å². The van der Waals surface area contributed by atoms with Gasteiger partial charge in [-0.05, 0) is 32.0 Å². The Labute approximate surface area is 118 Å². The molecule has 0 amide bonds. The van der Waals surface area contributed by atoms with Crippen LogP contribution >= 0.6 is 12.2 Å². The lowest BCUT2D eigenvalue weighted by Crippen LogP contribution is -2.09. The highest BCUT2D eigenvalue weighted by molar-refractivity contribution is 7.80. The van der Waals surface area contributed by atoms with Crippen LogP contribution in [0.4, 0.5) is 0 Å². The Bertz CT molecular complexity index is 578. The van der Waals surface area contributed by atoms with Gasteiger partial charge in [0.2, 0.25) is 0 Å². The fraction of sp³-hybridized carbons (Fsp3) is 0.286. The first-order valence-electron chi connectivity index (χ1n) is 6.13. The third-order valence-electron chi connectivity index (χ3n) is 2.70. The van der Waals surface area contributed by atoms with Crippen LogP contribution in [-0.4, -0.2) is 14.8 Å². The summed E-state index contributed by atoms with van der Waals surface area (Å²) in [7, 11) is 0. The van der Waals surface area contributed by atoms with E-state index in [1.165, 1.54) is 0 Å². The molecular weight excluding hydrogens is 258 g/mol. The summed E-state index contributed by atoms with van der Waals surface area (Å²) in [6, 6.07) is 9.76. The molecule has 2 aromatic rings. The molecule has 2 N–H and O–H groups in total. The van der Waals surface area contributed by atoms with E-state index < -0.39 is 0 Å². The number of thiocarbonyl (C=S) groups is 1. The predicted molar refractivity (Wildman–Crippen MR) is 79.3 cm³/mol. The van der Waals surface area contributed by atoms with Gasteiger partial charge in [0.05, 0.1) is 5.69 Å². The molecule has 0 spiro atoms. The van der Waals surface area contributed by atoms with Crippen molar-refractivity contribution in [1.82, 2.24) is 9.78 Å². The highest BCUT2D eigenvalue weighted by Crippen LogP contribution is 2.15. The highest BCUT2D eigenvalue weighted by Gasteiger charge is 2.04. The first-order chi connectivity index (χ1) is 9.06. The van der Waals surface area contributed by atoms with E-state index in [1.54, 1.807) is 0 Å². The summed E-state index contributed by atoms with van der Waals surface area (Å²) >= 11 is 4.94. The van der Waals surface area contributed by atoms with E-state index in [0.29, 0.717) is 17.6 Å². The molecule has 5 heteroatoms. The number of hydrogen-bond donors (Lipinski definition) is 1. The molecule has 0 unspecified atom stereocenters. The molecule has 0 saturated heterocycles. The van der Waals surface area contributed by atoms with Gasteiger partial charge in [-0.15, -0.1) is 0 Å². The van der Waals surface area contributed by atoms with Crippen molar-refractivity contribution in [2.24, 2.45) is 5.73 Å². The molecule has 0 saturated carbocycles. The Morgan fingerprint density at radius 2 is 2.21 bits per heavy atom. The van der Waals surface area contributed by atoms with Crippen LogP contribution in [0.3, 0.4) is 0 Å². The summed E-state index contributed by atoms with van der Waals surface area (Å²) in [5, 5.41) is 4.42. The number of rotatable bonds is 5. The van der Waals surface area contributed by atoms with E-state index in [4.69, 9.17) is 22.7 Å². The van der Waals surface area contributed by atoms with Crippen molar-refractivity contribution in [3.8, 4) is 5.75 Å². The van der Waals surface area contributed by atoms with Crippen LogP contribution in [0.2, 0.25) is 0 Å². The number of ether oxygens (including phenoxy) is 1. The number of benzene rings is 1. The minimum Gasteiger partial charge on any atom is -0.487 e. The molecule has 0 aliphatic heterocycles. The van der Waals surface area contributed by atoms with Crippen LogP contribution in [-0.2, 0) is 6.61 Å². The van der Waals surface area contributed by atoms with Crippen LogP contribution in [0.1, 0.15) is 31.1 Å². The van der Waals surface area contributed by atoms with Crippen LogP contribution in [0.5, 0.6) is 5.75 Å². The predicted octanol–water partition coefficient (Wildman–Crippen LogP) is 2.68. The van der Waals surface area contributed by atoms with Crippen molar-refractivity contribution in [2.45, 2.75) is 26.5 Å². The lowest BCUT2D eigenvalue weighted by atomic mass is 10.2. The van der Waals surface area contributed by atoms with Crippen LogP contribution in [0.15, 0.2) is 36.5 Å². The molecule has 100 valence electrons. The molecule has 1 aromatic heterocycles. The molecule has 4 nitrogen and oxygen atoms in total. The average molecular weight is 275 g/mol. The summed E-state index contributed by atoms with van der Waals surface area (Å²) < 4.78 is 7.59. The minimum absolute atomic E-state index is 0.353. The Hall–Kier alpha value is -1.88. The Morgan fingerprint density at radius 3 is 2.84 bits per heavy atom. The van der Waals surface area contributed by atoms with Gasteiger partial charge in [0.1, 0.15) is 17.3 Å². The van der Waals surface area contributed by atoms with Gasteiger partial charge in [-0.1, -0.05) is 24.4 Å². The SMILES string of the molecule is CC(C)n1ccc(COc2cccc(C(N)=S)c2)n1. The zero-order valence-electron chi connectivity index (χ0n) is 11.0. The van der Waals surface area contributed by atoms with E-state index in [0.717, 1.165) is 17.0 Å². The Kier molecular flexibility index (Phi) is 4.16. The molecule has 0 fully saturated rings. The Balaban J connectivity index is 2.01. The van der Waals surface area contributed by atoms with E-state index in [-0.39, 0.29) is 0 Å². The normalized spacial score (nSPS) is 10.7. The van der Waals surface area contributed by atoms with Gasteiger partial charge in [-0.3, -0.25) is 4.68 Å². The van der Waals surface area contributed by atoms with Gasteiger partial charge in [0.15, 0.2) is 0 Å². The molecule has 0 bridgehead atoms. The standard InChI is InChI=1S/C14H17N3OS/c1-10(2)17-7-6-12(16-17)9-18-13-5-3-4-11(8-13)14(15)19/h3-8,10H,9H2,1-2H3,(H2,15,19). The number of aromatic nitrogens is 2. The average Bonchev–Trinajstić information content (AvgIpc) is 2.85. The van der Waals surface area contributed by atoms with Gasteiger partial charge < -0.3 is 10.5 Å². The maximum absolute atomic E-state index is 5.68. The molecule has 0 radical (unpaired) electrons. The van der Waals surface area contributed by atoms with E-state index in [1.807, 2.05) is 41.2 Å². The number of nitrogens with two attached hydrogens (primary N) is 1. The second-order valence-electron chi connectivity index (χ2n) is 4.56. The third-order valence-corrected chi connectivity index (χ3v) is 2.93. The molecule has 19 heavy (non-hydrogen) atoms. The maximum Gasteiger partial charge on any atom is 0.132 e. The maximum atomic E-state index is 5.68. The summed E-state index contributed by atoms with van der Waals surface area (Å²) in [6.07, 6.45) is 1.95. The zero-order chi connectivity index (χ0) is 13.8. The van der Waals surface area contributed by atoms with Gasteiger partial charge in [0.25, 0.3) is 0 Å². The van der Waals surface area contributed by atoms with Crippen molar-refractivity contribution >= 4 is 17.2 Å². The zero-order valence-corrected chi connectivity index (χ0v) is 11.9. The van der Waals surface area contributed by atoms with Gasteiger partial charge in [-0.2, -0.15) is 5.10 Å². The first kappa shape index (κ1) is 13.5. The van der Waals surface area contributed by atoms with E-state index in [2.05, 4.69) is 18.9 Å². The smallest absolute Gasteiger partial charge is 0.132 e. The topological polar surface area (TPSA) is 53.1 Å². The molecular formula is C14H17N3OS. The van der Waals surface area contributed by atoms with E-state index in [9.17, 15) is 0 Å². The molecule has 1 aromatic carbocycles. The van der Waals surface area contributed by atoms with Crippen molar-refractivity contribution in [3.05, 3.63) is 47.8 Å². The fourth-order valence-corrected chi connectivity index (χ4v) is 1.77. The summed E-state index contributed by atoms with van der Waals surface area (Å²) in [5.41, 5.74) is 7.29. The minimum atomic E-state index is 0.353. The fourth-order valence-electron chi connectivity index (χ4n) is 1.64. The molecule has 2 rings (SSSR count). The molecule has 0 aliphatic carbocycles. The van der Waals surface area contributed by atoms with Gasteiger partial charge >= 0.3 is 0 Å². The second kappa shape index (κ2) is 5.84. The monoisotopic (exact) mass is 275 g/mol. The Morgan fingerprint density at radius 1 is 1.42 bits per heavy atom. The van der Waals surface area contributed by atoms with Crippen LogP contribution in [0.25, 0.3) is 0 Å². The lowest BCUT2D eigenvalue weighted by Gasteiger charge is -2.07. The van der Waals surface area contributed by atoms with Gasteiger partial charge in [0, 0.05) is 17.8 Å². The van der Waals surface area contributed by atoms with Crippen molar-refractivity contribution in [1.29, 1.82) is 0 Å². The van der Waals surface area contributed by atoms with Crippen LogP contribution in [0, 0.1) is 0 Å². The third kappa shape index (κ3) is 3.54. The van der Waals surface area contributed by atoms with Crippen molar-refractivity contribution in [3.63, 3.8) is 0 Å². The van der Waals surface area contributed by atoms with Crippen molar-refractivity contribution < 1.29 is 4.74 Å². The highest BCUT2D eigenvalue weighted by atomic mass is 32.1. The largest absolute Gasteiger partial charge is 0.487 e. The summed E-state index contributed by atoms with van der Waals surface area (Å²) in [5.74, 6) is 0.740. The summed E-state index contributed by atoms with van der Waals surface area (Å²) in [6.45, 7) is 4.60. The summed E-state index contributed by atoms with van der Waals surface area (Å²) in [4.78, 5) is 0.370. The van der Waals surface area contributed by atoms with Crippen molar-refractivity contribution in [2.75, 3.05) is 0 Å². The second-order valence-corrected chi connectivity index (χ2v) is 5.00. The van der Waals surface area contributed by atoms with Crippen LogP contribution < -0.4 is 10.5 Å². The molecule has 0 atom stereocenters. The lowest BCUT2D eigenvalue weighted by molar-refractivity contribution is 0.298. The first-order valence-corrected chi connectivity index (χ1v) is 6.54. The molecule has 1 heterocycles.